The number of aliphatic hydroxyl groups excluding tert-OH is 22. The van der Waals surface area contributed by atoms with Crippen molar-refractivity contribution in [2.24, 2.45) is 5.11 Å². The van der Waals surface area contributed by atoms with Gasteiger partial charge in [0.15, 0.2) is 70.9 Å². The number of ether oxygens (including phenoxy) is 11. The van der Waals surface area contributed by atoms with Gasteiger partial charge in [0.2, 0.25) is 18.9 Å². The van der Waals surface area contributed by atoms with Crippen molar-refractivity contribution in [3.05, 3.63) is 45.0 Å². The number of rotatable bonds is 11. The molecule has 454 valence electrons. The molecule has 0 radical (unpaired) electrons. The average molecular weight is 1160 g/mol. The van der Waals surface area contributed by atoms with Crippen LogP contribution in [0, 0.1) is 0 Å². The van der Waals surface area contributed by atoms with Crippen LogP contribution in [0.2, 0.25) is 0 Å². The smallest absolute Gasteiger partial charge is 0.218 e. The van der Waals surface area contributed by atoms with Gasteiger partial charge in [-0.15, -0.1) is 0 Å². The molecule has 0 spiro atoms. The zero-order valence-electron chi connectivity index (χ0n) is 41.0. The normalized spacial score (nSPS) is 46.2. The van der Waals surface area contributed by atoms with Crippen molar-refractivity contribution in [3.8, 4) is 0 Å². The van der Waals surface area contributed by atoms with Gasteiger partial charge in [0.1, 0.15) is 97.7 Å². The predicted molar refractivity (Wildman–Crippen MR) is 240 cm³/mol. The molecule has 11 aliphatic heterocycles. The highest BCUT2D eigenvalue weighted by Crippen LogP contribution is 2.59. The van der Waals surface area contributed by atoms with Gasteiger partial charge in [-0.1, -0.05) is 5.11 Å². The molecule has 37 heteroatoms. The number of hydrogen-bond acceptors (Lipinski definition) is 35. The molecule has 12 aliphatic rings. The van der Waals surface area contributed by atoms with Gasteiger partial charge in [0.05, 0.1) is 32.5 Å². The third-order valence-electron chi connectivity index (χ3n) is 14.0. The Kier molecular flexibility index (Phi) is 22.1. The second-order valence-corrected chi connectivity index (χ2v) is 18.8. The third kappa shape index (κ3) is 12.5. The summed E-state index contributed by atoms with van der Waals surface area (Å²) < 4.78 is 60.3. The third-order valence-corrected chi connectivity index (χ3v) is 14.0. The van der Waals surface area contributed by atoms with E-state index in [9.17, 15) is 117 Å². The number of azide groups is 1. The topological polar surface area (TPSA) is 616 Å². The molecule has 12 rings (SSSR count). The summed E-state index contributed by atoms with van der Waals surface area (Å²) in [6.07, 6.45) is -54.8. The molecule has 23 N–H and O–H groups in total. The Morgan fingerprint density at radius 2 is 0.823 bits per heavy atom. The number of hydrogen-bond donors (Lipinski definition) is 23. The first-order valence-electron chi connectivity index (χ1n) is 24.1. The molecule has 37 nitrogen and oxygen atoms in total. The van der Waals surface area contributed by atoms with Crippen LogP contribution in [0.3, 0.4) is 0 Å². The molecule has 10 bridgehead atoms. The van der Waals surface area contributed by atoms with E-state index in [0.717, 1.165) is 0 Å². The van der Waals surface area contributed by atoms with E-state index in [1.807, 2.05) is 0 Å². The van der Waals surface area contributed by atoms with Crippen LogP contribution in [0.1, 0.15) is 19.3 Å². The summed E-state index contributed by atoms with van der Waals surface area (Å²) in [5.41, 5.74) is 3.83. The van der Waals surface area contributed by atoms with Crippen LogP contribution in [-0.2, 0) is 52.1 Å². The Bertz CT molecular complexity index is 2160. The summed E-state index contributed by atoms with van der Waals surface area (Å²) in [6.45, 7) is -7.06. The van der Waals surface area contributed by atoms with E-state index in [0.29, 0.717) is 0 Å². The van der Waals surface area contributed by atoms with Crippen LogP contribution in [0.15, 0.2) is 39.7 Å². The minimum absolute atomic E-state index is 0.704. The van der Waals surface area contributed by atoms with Crippen molar-refractivity contribution in [3.63, 3.8) is 0 Å². The maximum atomic E-state index is 11.6. The zero-order valence-corrected chi connectivity index (χ0v) is 41.0. The van der Waals surface area contributed by atoms with Gasteiger partial charge in [-0.3, -0.25) is 0 Å². The Morgan fingerprint density at radius 3 is 1.24 bits per heavy atom. The first-order chi connectivity index (χ1) is 37.4. The largest absolute Gasteiger partial charge is 0.506 e. The van der Waals surface area contributed by atoms with E-state index >= 15 is 0 Å². The zero-order chi connectivity index (χ0) is 58.6. The first kappa shape index (κ1) is 64.4. The summed E-state index contributed by atoms with van der Waals surface area (Å²) in [5, 5.41) is 252. The molecule has 26 atom stereocenters. The van der Waals surface area contributed by atoms with E-state index in [-0.39, 0.29) is 0 Å². The number of nitrogens with zero attached hydrogens (tertiary/aromatic N) is 3. The van der Waals surface area contributed by atoms with Crippen LogP contribution < -0.4 is 0 Å². The van der Waals surface area contributed by atoms with E-state index < -0.39 is 259 Å². The van der Waals surface area contributed by atoms with Crippen LogP contribution in [0.25, 0.3) is 10.4 Å². The van der Waals surface area contributed by atoms with Gasteiger partial charge in [-0.05, 0) is 5.53 Å². The molecule has 79 heavy (non-hydrogen) atoms. The van der Waals surface area contributed by atoms with Crippen molar-refractivity contribution in [2.45, 2.75) is 178 Å². The molecule has 11 heterocycles. The maximum Gasteiger partial charge on any atom is 0.218 e. The lowest BCUT2D eigenvalue weighted by molar-refractivity contribution is -0.533. The van der Waals surface area contributed by atoms with E-state index in [1.165, 1.54) is 0 Å². The van der Waals surface area contributed by atoms with E-state index in [1.54, 1.807) is 0 Å². The molecular formula is C42H67N3O34. The molecule has 1 saturated carbocycles. The standard InChI is InChI=1S/C42H67N3O34/c43-45-44-7-14-29-20(55)27(62)38(71-14)76-31-16(9-50)73-39(28(63)22(31)57)77-30-15(8-49)72-37(26(61)21(30)56)70-12(2-5-47)18(53)25(60)36(67)78-33-32(64)42(68)40(79-41(33,42)10-51)74-13(3-6-48)19(54)23(58)34(65)69-11(1-4-46)17(52)24(59)35(66)75-29/h11-16,20-22,26-40,46-68H,1-10H2/t11-,12?,13?,14?,15?,16-,20?,21?,22?,26?,27?,28?,29?,30?,31?,32?,33?,34?,35?,36?,37?,38?,39?,40?,41?,42?/m1/s1. The summed E-state index contributed by atoms with van der Waals surface area (Å²) in [5.74, 6) is -9.01. The summed E-state index contributed by atoms with van der Waals surface area (Å²) >= 11 is 0. The molecule has 5 fully saturated rings. The monoisotopic (exact) mass is 1160 g/mol. The first-order valence-corrected chi connectivity index (χ1v) is 24.1. The SMILES string of the molecule is [N-]=[N+]=NCC1OC2OC3C(O)C(O)C(OC4C(CO)OC(OC(CCO)C(O)=C(O)C(O)OC5C(O)C6(O)C(OC(CCO)C(O)=C(O)C(O)O[C@H](CCO)C(O)=C(O)C(O)OC1C(O)C2O)OC56CO)C(O)C4O)O[C@@H]3CO. The van der Waals surface area contributed by atoms with Gasteiger partial charge >= 0.3 is 0 Å². The molecule has 24 unspecified atom stereocenters. The second kappa shape index (κ2) is 27.1. The van der Waals surface area contributed by atoms with Crippen molar-refractivity contribution in [2.75, 3.05) is 46.2 Å². The maximum absolute atomic E-state index is 11.6. The van der Waals surface area contributed by atoms with Crippen LogP contribution in [0.4, 0.5) is 0 Å². The highest BCUT2D eigenvalue weighted by Gasteiger charge is 2.86. The second-order valence-electron chi connectivity index (χ2n) is 18.8. The van der Waals surface area contributed by atoms with Gasteiger partial charge in [-0.2, -0.15) is 0 Å². The summed E-state index contributed by atoms with van der Waals surface area (Å²) in [6, 6.07) is 0. The van der Waals surface area contributed by atoms with Gasteiger partial charge < -0.3 is 170 Å². The van der Waals surface area contributed by atoms with Crippen molar-refractivity contribution >= 4 is 0 Å². The fraction of sp³-hybridized carbons (Fsp3) is 0.857. The minimum Gasteiger partial charge on any atom is -0.506 e. The summed E-state index contributed by atoms with van der Waals surface area (Å²) in [4.78, 5) is 2.56. The molecule has 1 aliphatic carbocycles. The fourth-order valence-electron chi connectivity index (χ4n) is 9.57. The summed E-state index contributed by atoms with van der Waals surface area (Å²) in [7, 11) is 0. The molecule has 0 aromatic heterocycles. The van der Waals surface area contributed by atoms with Crippen molar-refractivity contribution in [1.82, 2.24) is 0 Å². The number of fused-ring (bicyclic) bond motifs is 1. The fourth-order valence-corrected chi connectivity index (χ4v) is 9.57. The Balaban J connectivity index is 1.36. The lowest BCUT2D eigenvalue weighted by atomic mass is 9.55. The molecular weight excluding hydrogens is 1090 g/mol. The van der Waals surface area contributed by atoms with Crippen LogP contribution in [-0.4, -0.2) is 323 Å². The quantitative estimate of drug-likeness (QED) is 0.0519. The van der Waals surface area contributed by atoms with E-state index in [2.05, 4.69) is 10.0 Å². The van der Waals surface area contributed by atoms with Crippen LogP contribution in [0.5, 0.6) is 0 Å². The molecule has 4 saturated heterocycles. The highest BCUT2D eigenvalue weighted by molar-refractivity contribution is 5.32. The molecule has 0 aromatic rings. The Hall–Kier alpha value is -3.79. The lowest BCUT2D eigenvalue weighted by Gasteiger charge is -2.72. The molecule has 0 amide bonds. The van der Waals surface area contributed by atoms with Gasteiger partial charge in [0, 0.05) is 44.0 Å². The Morgan fingerprint density at radius 1 is 0.443 bits per heavy atom. The average Bonchev–Trinajstić information content (AvgIpc) is 2.05. The van der Waals surface area contributed by atoms with Gasteiger partial charge in [-0.25, -0.2) is 0 Å². The van der Waals surface area contributed by atoms with Crippen LogP contribution >= 0.6 is 0 Å². The van der Waals surface area contributed by atoms with Crippen molar-refractivity contribution in [1.29, 1.82) is 0 Å². The number of aliphatic hydroxyl groups is 23. The molecule has 0 aromatic carbocycles. The van der Waals surface area contributed by atoms with Crippen molar-refractivity contribution < 1.29 is 170 Å². The lowest BCUT2D eigenvalue weighted by Crippen LogP contribution is -2.96. The van der Waals surface area contributed by atoms with Gasteiger partial charge in [0.25, 0.3) is 0 Å². The highest BCUT2D eigenvalue weighted by atomic mass is 16.8. The minimum atomic E-state index is -2.79. The predicted octanol–water partition coefficient (Wildman–Crippen LogP) is -9.39. The Labute approximate surface area is 443 Å². The van der Waals surface area contributed by atoms with E-state index in [4.69, 9.17) is 57.6 Å².